The van der Waals surface area contributed by atoms with Gasteiger partial charge in [-0.1, -0.05) is 92.2 Å². The Morgan fingerprint density at radius 3 is 1.35 bits per heavy atom. The summed E-state index contributed by atoms with van der Waals surface area (Å²) in [5.74, 6) is 118. The van der Waals surface area contributed by atoms with Crippen LogP contribution in [0.2, 0.25) is 0 Å². The highest BCUT2D eigenvalue weighted by atomic mass is 17.9. The molecule has 3 heterocycles. The number of rotatable bonds is 28. The van der Waals surface area contributed by atoms with Gasteiger partial charge in [0, 0.05) is 317 Å². The Labute approximate surface area is 853 Å². The number of aliphatic hydroxyl groups excluding tert-OH is 2. The zero-order chi connectivity index (χ0) is 99.4. The van der Waals surface area contributed by atoms with Crippen molar-refractivity contribution in [2.75, 3.05) is 27.9 Å². The van der Waals surface area contributed by atoms with Crippen LogP contribution in [-0.4, -0.2) is 148 Å². The number of terminal acetylenes is 1. The number of ketones is 2. The minimum Gasteiger partial charge on any atom is -0.481 e. The summed E-state index contributed by atoms with van der Waals surface area (Å²) in [6.45, 7) is 11.0. The molecule has 3 fully saturated rings. The van der Waals surface area contributed by atoms with Crippen molar-refractivity contribution in [2.24, 2.45) is 29.6 Å². The SMILES string of the molecule is C#CC#CC#CC#CC#CC#CC#CC#CC#CC#CC#CC#CC#CC#CC#CC#CC#CC#CC#CC#CC#CC#CC#CC#CC#CC#CC.CO[C@H]1C[C@@H](C)C/C(C)=C/[C@@H](C/C=C/CCCCCCCCC(=O)O)C(=O)C[C@H](O)[C@@H](C)[C@@H](/C(C)=C/[C@@H]2CC[C@@H](O)[C@H](OC)C2)OC(=O)[C@@H]2CCCCN2C(=O)C(=O)[C@]2(O)O[C@H]1[C@@H](OC)C[C@H]2C.OOOOOOONOOOOOOO.[HH].[HH].[HH].[HH].[HH].[HH].[HH].[HH].[HH].[HH].[HH].[HH].[HH].[HH].[HH].[HH].[HH].[HH].[HH].[HH].[HH].[HH].[HH].[HH].[HH].[HH].[HH].[HH].[HH].[HH].[HH].[HH].[HH].[HH].[HH].[HH].[HH].[HH].[HH].[HH]. The lowest BCUT2D eigenvalue weighted by Crippen LogP contribution is -2.64. The van der Waals surface area contributed by atoms with Gasteiger partial charge in [-0.2, -0.15) is 0 Å². The third-order valence-electron chi connectivity index (χ3n) is 18.6. The van der Waals surface area contributed by atoms with Gasteiger partial charge in [0.2, 0.25) is 5.79 Å². The van der Waals surface area contributed by atoms with Crippen molar-refractivity contribution in [3.8, 4) is 308 Å². The van der Waals surface area contributed by atoms with Crippen LogP contribution in [0.25, 0.3) is 0 Å². The molecule has 1 amide bonds. The normalized spacial score (nSPS) is 20.9. The van der Waals surface area contributed by atoms with E-state index in [1.165, 1.54) is 24.8 Å². The van der Waals surface area contributed by atoms with Gasteiger partial charge in [-0.25, -0.2) is 15.3 Å². The molecule has 0 aromatic rings. The quantitative estimate of drug-likeness (QED) is 0.00727. The highest BCUT2D eigenvalue weighted by Gasteiger charge is 2.57. The molecule has 0 aromatic carbocycles. The first kappa shape index (κ1) is 117. The zero-order valence-corrected chi connectivity index (χ0v) is 75.6. The van der Waals surface area contributed by atoms with Gasteiger partial charge >= 0.3 is 11.9 Å². The van der Waals surface area contributed by atoms with Crippen molar-refractivity contribution < 1.29 is 196 Å². The number of hydrogen-bond acceptors (Lipinski definition) is 28. The highest BCUT2D eigenvalue weighted by molar-refractivity contribution is 6.39. The molecule has 0 unspecified atom stereocenters. The van der Waals surface area contributed by atoms with Gasteiger partial charge in [-0.3, -0.25) is 19.2 Å². The van der Waals surface area contributed by atoms with E-state index in [1.54, 1.807) is 27.9 Å². The van der Waals surface area contributed by atoms with Crippen molar-refractivity contribution in [1.29, 1.82) is 0 Å². The second kappa shape index (κ2) is 78.3. The van der Waals surface area contributed by atoms with Crippen LogP contribution >= 0.6 is 0 Å². The number of esters is 1. The van der Waals surface area contributed by atoms with E-state index >= 15 is 0 Å². The number of carboxylic acid groups (broad SMARTS) is 1. The summed E-state index contributed by atoms with van der Waals surface area (Å²) in [4.78, 5) is 76.9. The average molecular weight is 1920 g/mol. The Balaban J connectivity index is -0.0000000432. The lowest BCUT2D eigenvalue weighted by Gasteiger charge is -2.47. The zero-order valence-electron chi connectivity index (χ0n) is 75.6. The van der Waals surface area contributed by atoms with Gasteiger partial charge in [0.1, 0.15) is 24.0 Å². The van der Waals surface area contributed by atoms with E-state index < -0.39 is 89.8 Å². The number of nitrogens with zero attached hydrogens (tertiary/aromatic N) is 1. The van der Waals surface area contributed by atoms with Gasteiger partial charge in [0.05, 0.1) is 30.5 Å². The average Bonchev–Trinajstić information content (AvgIpc) is 0.864. The fraction of sp³-hybridized carbons (Fsp3) is 0.406. The van der Waals surface area contributed by atoms with Gasteiger partial charge in [-0.15, -0.1) is 6.42 Å². The molecular weight excluding hydrogens is 1750 g/mol. The standard InChI is InChI=1S/C53H85NO14.C53H4.H3NO14.40H2/c1-33-26-34(2)28-45(65-7)49-46(66-8)30-36(4)53(63,68-49)50(60)51(61)54-25-19-18-21-40(54)52(62)67-48(35(3)29-38-23-24-41(55)44(31-38)64-6)37(5)42(56)32-43(57)39(27-33)20-16-14-12-10-9-11-13-15-17-22-47(58)59;1-3-5-7-9-11-13-15-17-19-21-23-25-27-29-31-33-35-37-39-41-43-45-47-49-51-53-52-50-48-46-44-42-40-38-36-34-32-30-28-26-24-22-20-18-16-14-12-10-8-6-4-2;2-6-10-14-12-8-4-1-5-9-13-15-11-7-3;;;;;;;;;;;;;;;;;;;;;;;;;;;;;;;;;;;;;;;;/h14,16,27,29,34,36-42,44-46,48-49,55-56,63H,9-13,15,17-26,28,30-32H2,1-8H3,(H,58,59);1H,2H3;1-3H;40*1H/b16-14+,33-27+,35-29+;;;;;;;;;;;;;;;;;;;;;;;;;;;;;;;;;;;;;;;;;;/t34-,36+,37+,38-,39+,40-,41+,42-,44+,45-,46-,48+,49+,53+;;;;;;;;;;;;;;;;;;;;;;;;;;;;;;;;;;;;;;;;;;/m0........................................../s1. The number of ether oxygens (including phenoxy) is 5. The van der Waals surface area contributed by atoms with E-state index in [4.69, 9.17) is 45.7 Å². The molecule has 3 aliphatic heterocycles. The molecule has 774 valence electrons. The first-order valence-electron chi connectivity index (χ1n) is 41.2. The van der Waals surface area contributed by atoms with Gasteiger partial charge < -0.3 is 49.0 Å². The molecule has 2 bridgehead atoms. The minimum atomic E-state index is -2.53. The number of unbranched alkanes of at least 4 members (excludes halogenated alkanes) is 6. The summed E-state index contributed by atoms with van der Waals surface area (Å²) in [5, 5.41) is 91.3. The molecule has 30 heteroatoms. The molecule has 2 saturated heterocycles. The lowest BCUT2D eigenvalue weighted by molar-refractivity contribution is -0.816. The van der Waals surface area contributed by atoms with E-state index in [2.05, 4.69) is 375 Å². The van der Waals surface area contributed by atoms with Gasteiger partial charge in [0.25, 0.3) is 11.7 Å². The van der Waals surface area contributed by atoms with Crippen LogP contribution in [0.4, 0.5) is 0 Å². The number of hydrogen-bond donors (Lipinski definition) is 7. The Morgan fingerprint density at radius 1 is 0.522 bits per heavy atom. The number of cyclic esters (lactones) is 1. The van der Waals surface area contributed by atoms with Crippen molar-refractivity contribution in [1.82, 2.24) is 10.5 Å². The Hall–Kier alpha value is -15.3. The predicted molar refractivity (Wildman–Crippen MR) is 571 cm³/mol. The third kappa shape index (κ3) is 55.7. The van der Waals surface area contributed by atoms with Crippen molar-refractivity contribution in [2.45, 2.75) is 218 Å². The summed E-state index contributed by atoms with van der Waals surface area (Å²) in [6, 6.07) is -1.16. The highest BCUT2D eigenvalue weighted by Crippen LogP contribution is 2.40. The number of carbonyl (C=O) groups is 5. The third-order valence-corrected chi connectivity index (χ3v) is 18.6. The van der Waals surface area contributed by atoms with Gasteiger partial charge in [-0.05, 0) is 272 Å². The summed E-state index contributed by atoms with van der Waals surface area (Å²) in [6.07, 6.45) is 18.8. The summed E-state index contributed by atoms with van der Waals surface area (Å²) >= 11 is 0. The van der Waals surface area contributed by atoms with Crippen LogP contribution < -0.4 is 5.64 Å². The Morgan fingerprint density at radius 2 is 0.934 bits per heavy atom. The second-order valence-electron chi connectivity index (χ2n) is 28.0. The number of aliphatic carboxylic acids is 1. The number of carboxylic acids is 1. The number of methoxy groups -OCH3 is 3. The topological polar surface area (TPSA) is 379 Å². The van der Waals surface area contributed by atoms with Crippen molar-refractivity contribution in [3.63, 3.8) is 0 Å². The maximum atomic E-state index is 14.5. The number of Topliss-reactive ketones (excluding diaryl/α,β-unsaturated/α-hetero) is 2. The van der Waals surface area contributed by atoms with Crippen LogP contribution in [0.1, 0.15) is 221 Å². The molecule has 30 nitrogen and oxygen atoms in total. The van der Waals surface area contributed by atoms with Crippen LogP contribution in [0.3, 0.4) is 0 Å². The van der Waals surface area contributed by atoms with Gasteiger partial charge in [0.15, 0.2) is 0 Å². The van der Waals surface area contributed by atoms with Crippen LogP contribution in [0.5, 0.6) is 0 Å². The fourth-order valence-corrected chi connectivity index (χ4v) is 12.6. The largest absolute Gasteiger partial charge is 0.481 e. The minimum absolute atomic E-state index is 0. The monoisotopic (exact) mass is 1920 g/mol. The second-order valence-corrected chi connectivity index (χ2v) is 28.0. The van der Waals surface area contributed by atoms with Crippen LogP contribution in [0, 0.1) is 338 Å². The Kier molecular flexibility index (Phi) is 67.2. The number of nitrogens with one attached hydrogen (secondary N) is 1. The molecule has 1 saturated carbocycles. The molecule has 0 radical (unpaired) electrons. The van der Waals surface area contributed by atoms with Crippen molar-refractivity contribution >= 4 is 29.4 Å². The van der Waals surface area contributed by atoms with E-state index in [9.17, 15) is 39.3 Å². The van der Waals surface area contributed by atoms with E-state index in [0.717, 1.165) is 44.1 Å². The lowest BCUT2D eigenvalue weighted by atomic mass is 9.81. The summed E-state index contributed by atoms with van der Waals surface area (Å²) in [7, 11) is 4.62. The number of carbonyl (C=O) groups excluding carboxylic acids is 4. The maximum absolute atomic E-state index is 14.5. The van der Waals surface area contributed by atoms with Crippen molar-refractivity contribution in [3.05, 3.63) is 35.5 Å². The summed E-state index contributed by atoms with van der Waals surface area (Å²) in [5.41, 5.74) is 2.97. The van der Waals surface area contributed by atoms with Crippen LogP contribution in [0.15, 0.2) is 35.5 Å². The first-order valence-corrected chi connectivity index (χ1v) is 41.2. The Bertz CT molecular complexity index is 6110. The molecule has 7 N–H and O–H groups in total. The predicted octanol–water partition coefficient (Wildman–Crippen LogP) is 16.5. The molecule has 4 aliphatic rings. The molecule has 136 heavy (non-hydrogen) atoms. The maximum Gasteiger partial charge on any atom is 0.329 e. The number of aliphatic hydroxyl groups is 3. The smallest absolute Gasteiger partial charge is 0.329 e. The first-order chi connectivity index (χ1) is 66.2. The van der Waals surface area contributed by atoms with Crippen LogP contribution in [-0.2, 0) is 108 Å². The number of piperidine rings is 1. The van der Waals surface area contributed by atoms with E-state index in [-0.39, 0.29) is 113 Å². The molecule has 4 rings (SSSR count). The van der Waals surface area contributed by atoms with E-state index in [1.807, 2.05) is 32.1 Å². The molecule has 0 spiro atoms. The molecule has 14 atom stereocenters. The van der Waals surface area contributed by atoms with E-state index in [0.29, 0.717) is 63.4 Å². The molecule has 0 aromatic heterocycles. The number of allylic oxidation sites excluding steroid dienone is 5. The fourth-order valence-electron chi connectivity index (χ4n) is 12.6. The summed E-state index contributed by atoms with van der Waals surface area (Å²) < 4.78 is 30.1. The number of fused-ring (bicyclic) bond motifs is 3. The number of amides is 1. The molecular formula is C106H172N2O28. The molecule has 1 aliphatic carbocycles.